The number of halogens is 2. The van der Waals surface area contributed by atoms with Crippen molar-refractivity contribution in [3.05, 3.63) is 64.1 Å². The summed E-state index contributed by atoms with van der Waals surface area (Å²) in [6.07, 6.45) is 1.77. The van der Waals surface area contributed by atoms with Crippen LogP contribution in [0.3, 0.4) is 0 Å². The van der Waals surface area contributed by atoms with Crippen LogP contribution in [0.4, 0.5) is 4.39 Å². The minimum atomic E-state index is -1.24. The number of aromatic nitrogens is 3. The number of carboxylic acids is 1. The number of aryl methyl sites for hydroxylation is 2. The van der Waals surface area contributed by atoms with Gasteiger partial charge in [-0.15, -0.1) is 0 Å². The zero-order valence-corrected chi connectivity index (χ0v) is 17.1. The number of ether oxygens (including phenoxy) is 1. The first-order valence-corrected chi connectivity index (χ1v) is 9.36. The highest BCUT2D eigenvalue weighted by molar-refractivity contribution is 6.32. The van der Waals surface area contributed by atoms with Crippen molar-refractivity contribution in [2.75, 3.05) is 7.11 Å². The van der Waals surface area contributed by atoms with Gasteiger partial charge >= 0.3 is 5.97 Å². The van der Waals surface area contributed by atoms with E-state index in [1.165, 1.54) is 19.2 Å². The van der Waals surface area contributed by atoms with Gasteiger partial charge in [0, 0.05) is 6.20 Å². The average molecular weight is 430 g/mol. The Bertz CT molecular complexity index is 1300. The summed E-state index contributed by atoms with van der Waals surface area (Å²) in [5.74, 6) is -0.803. The van der Waals surface area contributed by atoms with Crippen LogP contribution in [0.5, 0.6) is 5.75 Å². The first-order chi connectivity index (χ1) is 14.3. The van der Waals surface area contributed by atoms with Gasteiger partial charge in [-0.1, -0.05) is 11.6 Å². The van der Waals surface area contributed by atoms with E-state index in [1.807, 2.05) is 19.1 Å². The van der Waals surface area contributed by atoms with Gasteiger partial charge in [-0.05, 0) is 43.7 Å². The second-order valence-electron chi connectivity index (χ2n) is 6.79. The number of fused-ring (bicyclic) bond motifs is 1. The van der Waals surface area contributed by atoms with Crippen LogP contribution in [-0.4, -0.2) is 32.7 Å². The Morgan fingerprint density at radius 3 is 2.67 bits per heavy atom. The molecule has 3 aromatic heterocycles. The van der Waals surface area contributed by atoms with Gasteiger partial charge in [0.2, 0.25) is 0 Å². The lowest BCUT2D eigenvalue weighted by Gasteiger charge is -2.10. The Morgan fingerprint density at radius 1 is 1.27 bits per heavy atom. The van der Waals surface area contributed by atoms with Crippen LogP contribution in [0.2, 0.25) is 5.02 Å². The van der Waals surface area contributed by atoms with E-state index in [0.29, 0.717) is 28.9 Å². The average Bonchev–Trinajstić information content (AvgIpc) is 3.24. The first kappa shape index (κ1) is 19.9. The summed E-state index contributed by atoms with van der Waals surface area (Å²) in [5.41, 5.74) is 0.818. The van der Waals surface area contributed by atoms with E-state index >= 15 is 0 Å². The molecule has 3 heterocycles. The standard InChI is InChI=1S/C21H17ClFN3O4/c1-10-8-26(9-12-5-4-11(2)30-12)20-15(10)17(21(27)28)24-19(25-20)13-6-7-14(22)18(29-3)16(13)23/h4-8H,9H2,1-3H3,(H,27,28). The normalized spacial score (nSPS) is 11.2. The number of hydrogen-bond donors (Lipinski definition) is 1. The first-order valence-electron chi connectivity index (χ1n) is 8.98. The van der Waals surface area contributed by atoms with E-state index < -0.39 is 11.8 Å². The Kier molecular flexibility index (Phi) is 4.95. The largest absolute Gasteiger partial charge is 0.492 e. The summed E-state index contributed by atoms with van der Waals surface area (Å²) in [7, 11) is 1.29. The summed E-state index contributed by atoms with van der Waals surface area (Å²) in [6.45, 7) is 3.94. The molecule has 0 unspecified atom stereocenters. The highest BCUT2D eigenvalue weighted by Crippen LogP contribution is 2.35. The predicted octanol–water partition coefficient (Wildman–Crippen LogP) is 4.86. The Morgan fingerprint density at radius 2 is 2.03 bits per heavy atom. The smallest absolute Gasteiger partial charge is 0.355 e. The SMILES string of the molecule is COc1c(Cl)ccc(-c2nc(C(=O)O)c3c(C)cn(Cc4ccc(C)o4)c3n2)c1F. The number of carboxylic acid groups (broad SMARTS) is 1. The second kappa shape index (κ2) is 7.46. The van der Waals surface area contributed by atoms with Gasteiger partial charge in [0.1, 0.15) is 17.2 Å². The van der Waals surface area contributed by atoms with Crippen molar-refractivity contribution in [3.63, 3.8) is 0 Å². The number of rotatable bonds is 5. The minimum absolute atomic E-state index is 0.0140. The van der Waals surface area contributed by atoms with Crippen molar-refractivity contribution in [2.45, 2.75) is 20.4 Å². The number of furan rings is 1. The van der Waals surface area contributed by atoms with Gasteiger partial charge in [-0.2, -0.15) is 0 Å². The van der Waals surface area contributed by atoms with Crippen molar-refractivity contribution in [1.29, 1.82) is 0 Å². The molecule has 0 spiro atoms. The van der Waals surface area contributed by atoms with Crippen LogP contribution in [-0.2, 0) is 6.54 Å². The highest BCUT2D eigenvalue weighted by Gasteiger charge is 2.23. The number of nitrogens with zero attached hydrogens (tertiary/aromatic N) is 3. The molecular weight excluding hydrogens is 413 g/mol. The van der Waals surface area contributed by atoms with Crippen molar-refractivity contribution in [1.82, 2.24) is 14.5 Å². The van der Waals surface area contributed by atoms with E-state index in [1.54, 1.807) is 17.7 Å². The summed E-state index contributed by atoms with van der Waals surface area (Å²) in [6, 6.07) is 6.51. The van der Waals surface area contributed by atoms with Crippen molar-refractivity contribution in [3.8, 4) is 17.1 Å². The summed E-state index contributed by atoms with van der Waals surface area (Å²) in [5, 5.41) is 10.2. The quantitative estimate of drug-likeness (QED) is 0.487. The van der Waals surface area contributed by atoms with Gasteiger partial charge in [0.05, 0.1) is 29.6 Å². The lowest BCUT2D eigenvalue weighted by atomic mass is 10.1. The lowest BCUT2D eigenvalue weighted by Crippen LogP contribution is -2.07. The fourth-order valence-electron chi connectivity index (χ4n) is 3.41. The van der Waals surface area contributed by atoms with E-state index in [-0.39, 0.29) is 27.9 Å². The molecule has 0 saturated heterocycles. The van der Waals surface area contributed by atoms with Crippen LogP contribution >= 0.6 is 11.6 Å². The van der Waals surface area contributed by atoms with Gasteiger partial charge in [-0.3, -0.25) is 0 Å². The number of aromatic carboxylic acids is 1. The fraction of sp³-hybridized carbons (Fsp3) is 0.190. The van der Waals surface area contributed by atoms with Crippen molar-refractivity contribution in [2.24, 2.45) is 0 Å². The van der Waals surface area contributed by atoms with E-state index in [0.717, 1.165) is 5.76 Å². The van der Waals surface area contributed by atoms with Gasteiger partial charge in [-0.25, -0.2) is 19.2 Å². The summed E-state index contributed by atoms with van der Waals surface area (Å²) >= 11 is 5.97. The third kappa shape index (κ3) is 3.29. The predicted molar refractivity (Wildman–Crippen MR) is 109 cm³/mol. The van der Waals surface area contributed by atoms with Crippen LogP contribution in [0, 0.1) is 19.7 Å². The molecule has 0 radical (unpaired) electrons. The molecule has 1 N–H and O–H groups in total. The molecule has 0 amide bonds. The van der Waals surface area contributed by atoms with E-state index in [9.17, 15) is 14.3 Å². The summed E-state index contributed by atoms with van der Waals surface area (Å²) in [4.78, 5) is 20.5. The molecule has 4 aromatic rings. The van der Waals surface area contributed by atoms with Crippen LogP contribution in [0.25, 0.3) is 22.4 Å². The monoisotopic (exact) mass is 429 g/mol. The molecule has 1 aromatic carbocycles. The molecular formula is C21H17ClFN3O4. The van der Waals surface area contributed by atoms with E-state index in [4.69, 9.17) is 20.8 Å². The molecule has 0 aliphatic rings. The minimum Gasteiger partial charge on any atom is -0.492 e. The molecule has 154 valence electrons. The van der Waals surface area contributed by atoms with Crippen LogP contribution in [0.15, 0.2) is 34.9 Å². The topological polar surface area (TPSA) is 90.4 Å². The van der Waals surface area contributed by atoms with Gasteiger partial charge in [0.15, 0.2) is 23.1 Å². The third-order valence-electron chi connectivity index (χ3n) is 4.72. The Labute approximate surface area is 175 Å². The molecule has 0 bridgehead atoms. The Balaban J connectivity index is 1.96. The summed E-state index contributed by atoms with van der Waals surface area (Å²) < 4.78 is 27.3. The number of hydrogen-bond acceptors (Lipinski definition) is 5. The molecule has 0 fully saturated rings. The zero-order chi connectivity index (χ0) is 21.6. The molecule has 0 saturated carbocycles. The molecule has 0 aliphatic carbocycles. The number of methoxy groups -OCH3 is 1. The highest BCUT2D eigenvalue weighted by atomic mass is 35.5. The van der Waals surface area contributed by atoms with Crippen LogP contribution in [0.1, 0.15) is 27.6 Å². The maximum absolute atomic E-state index is 14.9. The van der Waals surface area contributed by atoms with Crippen molar-refractivity contribution < 1.29 is 23.4 Å². The maximum Gasteiger partial charge on any atom is 0.355 e. The van der Waals surface area contributed by atoms with Crippen LogP contribution < -0.4 is 4.74 Å². The van der Waals surface area contributed by atoms with E-state index in [2.05, 4.69) is 9.97 Å². The molecule has 0 aliphatic heterocycles. The number of carbonyl (C=O) groups is 1. The Hall–Kier alpha value is -3.39. The lowest BCUT2D eigenvalue weighted by molar-refractivity contribution is 0.0692. The third-order valence-corrected chi connectivity index (χ3v) is 5.02. The molecule has 9 heteroatoms. The van der Waals surface area contributed by atoms with Gasteiger partial charge in [0.25, 0.3) is 0 Å². The fourth-order valence-corrected chi connectivity index (χ4v) is 3.63. The second-order valence-corrected chi connectivity index (χ2v) is 7.20. The molecule has 30 heavy (non-hydrogen) atoms. The molecule has 4 rings (SSSR count). The number of benzene rings is 1. The molecule has 0 atom stereocenters. The maximum atomic E-state index is 14.9. The van der Waals surface area contributed by atoms with Crippen molar-refractivity contribution >= 4 is 28.6 Å². The van der Waals surface area contributed by atoms with Gasteiger partial charge < -0.3 is 18.8 Å². The molecule has 7 nitrogen and oxygen atoms in total. The zero-order valence-electron chi connectivity index (χ0n) is 16.4.